The van der Waals surface area contributed by atoms with Gasteiger partial charge in [0.15, 0.2) is 5.92 Å². The molecule has 0 bridgehead atoms. The minimum atomic E-state index is -4.78. The maximum atomic E-state index is 12.2. The summed E-state index contributed by atoms with van der Waals surface area (Å²) >= 11 is 0. The van der Waals surface area contributed by atoms with E-state index in [1.165, 1.54) is 0 Å². The molecule has 16 heavy (non-hydrogen) atoms. The van der Waals surface area contributed by atoms with E-state index < -0.39 is 30.7 Å². The highest BCUT2D eigenvalue weighted by Crippen LogP contribution is 2.25. The summed E-state index contributed by atoms with van der Waals surface area (Å²) in [7, 11) is 0. The Bertz CT molecular complexity index is 231. The number of aliphatic carboxylic acids is 1. The Labute approximate surface area is 91.5 Å². The Morgan fingerprint density at radius 2 is 1.81 bits per heavy atom. The van der Waals surface area contributed by atoms with E-state index in [9.17, 15) is 23.1 Å². The summed E-state index contributed by atoms with van der Waals surface area (Å²) in [6.07, 6.45) is -5.57. The molecule has 0 saturated carbocycles. The molecule has 0 aromatic heterocycles. The Hall–Kier alpha value is -0.820. The molecule has 0 amide bonds. The second-order valence-electron chi connectivity index (χ2n) is 3.90. The molecular formula is C9H16F3NO3. The number of hydrogen-bond acceptors (Lipinski definition) is 3. The van der Waals surface area contributed by atoms with Gasteiger partial charge in [0.05, 0.1) is 6.10 Å². The Morgan fingerprint density at radius 3 is 2.12 bits per heavy atom. The largest absolute Gasteiger partial charge is 0.481 e. The summed E-state index contributed by atoms with van der Waals surface area (Å²) in [4.78, 5) is 10.3. The summed E-state index contributed by atoms with van der Waals surface area (Å²) in [5.41, 5.74) is 0. The van der Waals surface area contributed by atoms with Gasteiger partial charge in [0.2, 0.25) is 0 Å². The van der Waals surface area contributed by atoms with E-state index in [1.54, 1.807) is 13.8 Å². The zero-order chi connectivity index (χ0) is 12.9. The van der Waals surface area contributed by atoms with Gasteiger partial charge in [-0.3, -0.25) is 4.79 Å². The van der Waals surface area contributed by atoms with E-state index in [4.69, 9.17) is 5.11 Å². The lowest BCUT2D eigenvalue weighted by Gasteiger charge is -2.19. The fourth-order valence-corrected chi connectivity index (χ4v) is 0.954. The van der Waals surface area contributed by atoms with Crippen molar-refractivity contribution in [1.82, 2.24) is 5.32 Å². The van der Waals surface area contributed by atoms with Crippen LogP contribution in [0, 0.1) is 11.8 Å². The number of carbonyl (C=O) groups is 1. The molecule has 0 aliphatic carbocycles. The third-order valence-electron chi connectivity index (χ3n) is 2.16. The summed E-state index contributed by atoms with van der Waals surface area (Å²) in [5.74, 6) is -4.45. The van der Waals surface area contributed by atoms with Crippen LogP contribution in [-0.2, 0) is 4.79 Å². The van der Waals surface area contributed by atoms with Crippen LogP contribution in [0.2, 0.25) is 0 Å². The predicted molar refractivity (Wildman–Crippen MR) is 50.9 cm³/mol. The van der Waals surface area contributed by atoms with E-state index in [-0.39, 0.29) is 12.5 Å². The number of aliphatic hydroxyl groups excluding tert-OH is 1. The summed E-state index contributed by atoms with van der Waals surface area (Å²) < 4.78 is 36.5. The smallest absolute Gasteiger partial charge is 0.403 e. The lowest BCUT2D eigenvalue weighted by atomic mass is 10.1. The van der Waals surface area contributed by atoms with Crippen LogP contribution in [0.5, 0.6) is 0 Å². The molecule has 2 unspecified atom stereocenters. The maximum absolute atomic E-state index is 12.2. The van der Waals surface area contributed by atoms with Gasteiger partial charge in [-0.05, 0) is 5.92 Å². The molecule has 0 fully saturated rings. The van der Waals surface area contributed by atoms with Crippen molar-refractivity contribution in [2.75, 3.05) is 13.1 Å². The van der Waals surface area contributed by atoms with Crippen molar-refractivity contribution in [3.8, 4) is 0 Å². The second-order valence-corrected chi connectivity index (χ2v) is 3.90. The third-order valence-corrected chi connectivity index (χ3v) is 2.16. The molecule has 7 heteroatoms. The highest BCUT2D eigenvalue weighted by atomic mass is 19.4. The molecule has 96 valence electrons. The molecule has 4 nitrogen and oxygen atoms in total. The average molecular weight is 243 g/mol. The van der Waals surface area contributed by atoms with Gasteiger partial charge in [-0.25, -0.2) is 0 Å². The van der Waals surface area contributed by atoms with Crippen LogP contribution in [0.4, 0.5) is 13.2 Å². The van der Waals surface area contributed by atoms with Gasteiger partial charge < -0.3 is 15.5 Å². The summed E-state index contributed by atoms with van der Waals surface area (Å²) in [6.45, 7) is 2.63. The molecule has 0 aliphatic rings. The van der Waals surface area contributed by atoms with Gasteiger partial charge in [0.1, 0.15) is 0 Å². The molecule has 0 rings (SSSR count). The number of alkyl halides is 3. The van der Waals surface area contributed by atoms with Crippen LogP contribution >= 0.6 is 0 Å². The SMILES string of the molecule is CC(C)C(O)CNCC(C(=O)O)C(F)(F)F. The van der Waals surface area contributed by atoms with Crippen LogP contribution in [0.3, 0.4) is 0 Å². The molecule has 0 aliphatic heterocycles. The summed E-state index contributed by atoms with van der Waals surface area (Å²) in [5, 5.41) is 20.0. The van der Waals surface area contributed by atoms with Crippen molar-refractivity contribution in [3.63, 3.8) is 0 Å². The normalized spacial score (nSPS) is 16.2. The maximum Gasteiger partial charge on any atom is 0.403 e. The highest BCUT2D eigenvalue weighted by molar-refractivity contribution is 5.71. The molecule has 0 radical (unpaired) electrons. The number of aliphatic hydroxyl groups is 1. The first-order valence-corrected chi connectivity index (χ1v) is 4.84. The average Bonchev–Trinajstić information content (AvgIpc) is 2.08. The molecule has 2 atom stereocenters. The minimum absolute atomic E-state index is 0.0580. The first-order valence-electron chi connectivity index (χ1n) is 4.84. The Balaban J connectivity index is 4.11. The number of carboxylic acids is 1. The quantitative estimate of drug-likeness (QED) is 0.647. The van der Waals surface area contributed by atoms with Crippen molar-refractivity contribution < 1.29 is 28.2 Å². The van der Waals surface area contributed by atoms with Gasteiger partial charge in [-0.2, -0.15) is 13.2 Å². The number of rotatable bonds is 6. The lowest BCUT2D eigenvalue weighted by molar-refractivity contribution is -0.192. The van der Waals surface area contributed by atoms with Gasteiger partial charge in [0, 0.05) is 13.1 Å². The standard InChI is InChI=1S/C9H16F3NO3/c1-5(2)7(14)4-13-3-6(8(15)16)9(10,11)12/h5-7,13-14H,3-4H2,1-2H3,(H,15,16). The number of halogens is 3. The van der Waals surface area contributed by atoms with Crippen molar-refractivity contribution in [1.29, 1.82) is 0 Å². The molecule has 0 heterocycles. The lowest BCUT2D eigenvalue weighted by Crippen LogP contribution is -2.42. The fourth-order valence-electron chi connectivity index (χ4n) is 0.954. The Kier molecular flexibility index (Phi) is 5.74. The molecule has 0 aromatic rings. The van der Waals surface area contributed by atoms with Crippen LogP contribution in [-0.4, -0.2) is 41.6 Å². The van der Waals surface area contributed by atoms with E-state index in [2.05, 4.69) is 5.32 Å². The van der Waals surface area contributed by atoms with E-state index in [1.807, 2.05) is 0 Å². The predicted octanol–water partition coefficient (Wildman–Crippen LogP) is 0.856. The van der Waals surface area contributed by atoms with Crippen molar-refractivity contribution in [3.05, 3.63) is 0 Å². The van der Waals surface area contributed by atoms with Crippen LogP contribution in [0.25, 0.3) is 0 Å². The zero-order valence-electron chi connectivity index (χ0n) is 9.08. The van der Waals surface area contributed by atoms with Gasteiger partial charge in [-0.1, -0.05) is 13.8 Å². The first kappa shape index (κ1) is 15.2. The van der Waals surface area contributed by atoms with Crippen molar-refractivity contribution >= 4 is 5.97 Å². The topological polar surface area (TPSA) is 69.6 Å². The van der Waals surface area contributed by atoms with Crippen LogP contribution < -0.4 is 5.32 Å². The monoisotopic (exact) mass is 243 g/mol. The van der Waals surface area contributed by atoms with Crippen molar-refractivity contribution in [2.24, 2.45) is 11.8 Å². The van der Waals surface area contributed by atoms with E-state index >= 15 is 0 Å². The molecular weight excluding hydrogens is 227 g/mol. The van der Waals surface area contributed by atoms with Crippen LogP contribution in [0.15, 0.2) is 0 Å². The number of carboxylic acid groups (broad SMARTS) is 1. The first-order chi connectivity index (χ1) is 7.16. The van der Waals surface area contributed by atoms with Gasteiger partial charge in [-0.15, -0.1) is 0 Å². The van der Waals surface area contributed by atoms with Gasteiger partial charge in [0.25, 0.3) is 0 Å². The molecule has 0 aromatic carbocycles. The van der Waals surface area contributed by atoms with Gasteiger partial charge >= 0.3 is 12.1 Å². The zero-order valence-corrected chi connectivity index (χ0v) is 9.08. The molecule has 0 saturated heterocycles. The summed E-state index contributed by atoms with van der Waals surface area (Å²) in [6, 6.07) is 0. The van der Waals surface area contributed by atoms with E-state index in [0.29, 0.717) is 0 Å². The van der Waals surface area contributed by atoms with Crippen molar-refractivity contribution in [2.45, 2.75) is 26.1 Å². The highest BCUT2D eigenvalue weighted by Gasteiger charge is 2.44. The Morgan fingerprint density at radius 1 is 1.31 bits per heavy atom. The molecule has 0 spiro atoms. The number of hydrogen-bond donors (Lipinski definition) is 3. The van der Waals surface area contributed by atoms with E-state index in [0.717, 1.165) is 0 Å². The van der Waals surface area contributed by atoms with Crippen LogP contribution in [0.1, 0.15) is 13.8 Å². The second kappa shape index (κ2) is 6.05. The number of nitrogens with one attached hydrogen (secondary N) is 1. The molecule has 3 N–H and O–H groups in total. The minimum Gasteiger partial charge on any atom is -0.481 e. The third kappa shape index (κ3) is 5.32. The fraction of sp³-hybridized carbons (Fsp3) is 0.889.